The third-order valence-electron chi connectivity index (χ3n) is 4.25. The number of amides is 1. The van der Waals surface area contributed by atoms with E-state index in [1.54, 1.807) is 23.4 Å². The van der Waals surface area contributed by atoms with Gasteiger partial charge in [-0.3, -0.25) is 14.5 Å². The highest BCUT2D eigenvalue weighted by molar-refractivity contribution is 5.95. The van der Waals surface area contributed by atoms with Gasteiger partial charge in [-0.25, -0.2) is 0 Å². The van der Waals surface area contributed by atoms with Gasteiger partial charge in [-0.2, -0.15) is 5.10 Å². The molecule has 1 amide bonds. The fourth-order valence-corrected chi connectivity index (χ4v) is 3.01. The van der Waals surface area contributed by atoms with Gasteiger partial charge >= 0.3 is 0 Å². The summed E-state index contributed by atoms with van der Waals surface area (Å²) in [5.74, 6) is 0.393. The van der Waals surface area contributed by atoms with Crippen LogP contribution in [0.25, 0.3) is 5.69 Å². The fourth-order valence-electron chi connectivity index (χ4n) is 3.01. The fraction of sp³-hybridized carbons (Fsp3) is 0.250. The number of likely N-dealkylation sites (tertiary alicyclic amines) is 1. The lowest BCUT2D eigenvalue weighted by Gasteiger charge is -2.17. The van der Waals surface area contributed by atoms with E-state index in [0.717, 1.165) is 30.9 Å². The molecule has 1 atom stereocenters. The molecule has 0 aliphatic carbocycles. The van der Waals surface area contributed by atoms with Crippen LogP contribution in [0.1, 0.15) is 28.4 Å². The van der Waals surface area contributed by atoms with Gasteiger partial charge in [-0.1, -0.05) is 6.07 Å². The Balaban J connectivity index is 1.52. The van der Waals surface area contributed by atoms with Crippen molar-refractivity contribution >= 4 is 5.91 Å². The predicted octanol–water partition coefficient (Wildman–Crippen LogP) is 1.62. The summed E-state index contributed by atoms with van der Waals surface area (Å²) >= 11 is 0. The Hall–Kier alpha value is -2.96. The van der Waals surface area contributed by atoms with Crippen LogP contribution in [-0.2, 0) is 0 Å². The minimum atomic E-state index is 0.0574. The average molecular weight is 308 g/mol. The largest absolute Gasteiger partial charge is 0.338 e. The summed E-state index contributed by atoms with van der Waals surface area (Å²) in [7, 11) is 0. The summed E-state index contributed by atoms with van der Waals surface area (Å²) in [6, 6.07) is 9.50. The first-order valence-electron chi connectivity index (χ1n) is 7.55. The van der Waals surface area contributed by atoms with Crippen LogP contribution in [0.15, 0.2) is 49.2 Å². The lowest BCUT2D eigenvalue weighted by atomic mass is 10.1. The molecule has 3 aromatic rings. The second-order valence-electron chi connectivity index (χ2n) is 5.67. The van der Waals surface area contributed by atoms with Gasteiger partial charge in [0.25, 0.3) is 5.91 Å². The number of carbonyl (C=O) groups is 1. The van der Waals surface area contributed by atoms with Crippen molar-refractivity contribution in [3.8, 4) is 5.69 Å². The van der Waals surface area contributed by atoms with Crippen molar-refractivity contribution in [1.82, 2.24) is 29.9 Å². The molecule has 2 aromatic heterocycles. The molecular weight excluding hydrogens is 292 g/mol. The molecule has 3 heterocycles. The molecule has 0 spiro atoms. The van der Waals surface area contributed by atoms with Gasteiger partial charge < -0.3 is 4.90 Å². The van der Waals surface area contributed by atoms with Crippen LogP contribution in [0.2, 0.25) is 0 Å². The summed E-state index contributed by atoms with van der Waals surface area (Å²) in [4.78, 5) is 14.6. The first-order chi connectivity index (χ1) is 11.3. The number of nitrogens with zero attached hydrogens (tertiary/aromatic N) is 5. The highest BCUT2D eigenvalue weighted by Crippen LogP contribution is 2.26. The molecule has 116 valence electrons. The molecule has 1 aliphatic heterocycles. The van der Waals surface area contributed by atoms with Crippen LogP contribution in [0, 0.1) is 0 Å². The third kappa shape index (κ3) is 2.61. The smallest absolute Gasteiger partial charge is 0.253 e. The second-order valence-corrected chi connectivity index (χ2v) is 5.67. The number of benzene rings is 1. The number of aromatic nitrogens is 5. The van der Waals surface area contributed by atoms with E-state index in [9.17, 15) is 4.79 Å². The van der Waals surface area contributed by atoms with E-state index in [0.29, 0.717) is 11.5 Å². The lowest BCUT2D eigenvalue weighted by molar-refractivity contribution is 0.0790. The predicted molar refractivity (Wildman–Crippen MR) is 83.2 cm³/mol. The Labute approximate surface area is 133 Å². The van der Waals surface area contributed by atoms with Crippen molar-refractivity contribution in [2.75, 3.05) is 13.1 Å². The zero-order valence-electron chi connectivity index (χ0n) is 12.5. The maximum absolute atomic E-state index is 12.7. The molecule has 23 heavy (non-hydrogen) atoms. The number of nitrogens with one attached hydrogen (secondary N) is 1. The molecular formula is C16H16N6O. The van der Waals surface area contributed by atoms with E-state index in [4.69, 9.17) is 0 Å². The number of rotatable bonds is 3. The van der Waals surface area contributed by atoms with E-state index in [2.05, 4.69) is 20.4 Å². The summed E-state index contributed by atoms with van der Waals surface area (Å²) in [6.07, 6.45) is 5.95. The number of H-pyrrole nitrogens is 1. The molecule has 1 N–H and O–H groups in total. The zero-order valence-corrected chi connectivity index (χ0v) is 12.5. The van der Waals surface area contributed by atoms with Crippen molar-refractivity contribution in [2.45, 2.75) is 12.3 Å². The minimum absolute atomic E-state index is 0.0574. The van der Waals surface area contributed by atoms with Gasteiger partial charge in [0.05, 0.1) is 0 Å². The average Bonchev–Trinajstić information content (AvgIpc) is 3.36. The zero-order chi connectivity index (χ0) is 15.6. The van der Waals surface area contributed by atoms with E-state index < -0.39 is 0 Å². The summed E-state index contributed by atoms with van der Waals surface area (Å²) < 4.78 is 1.79. The van der Waals surface area contributed by atoms with E-state index >= 15 is 0 Å². The maximum Gasteiger partial charge on any atom is 0.253 e. The van der Waals surface area contributed by atoms with E-state index in [1.807, 2.05) is 35.2 Å². The van der Waals surface area contributed by atoms with Crippen LogP contribution in [-0.4, -0.2) is 48.9 Å². The van der Waals surface area contributed by atoms with Crippen molar-refractivity contribution in [3.05, 3.63) is 60.4 Å². The highest BCUT2D eigenvalue weighted by Gasteiger charge is 2.28. The molecule has 7 heteroatoms. The quantitative estimate of drug-likeness (QED) is 0.797. The van der Waals surface area contributed by atoms with E-state index in [1.165, 1.54) is 0 Å². The third-order valence-corrected chi connectivity index (χ3v) is 4.25. The SMILES string of the molecule is O=C(c1cccc(-n2cnnc2)c1)N1CC[C@@H](c2ccn[nH]2)C1. The standard InChI is InChI=1S/C16H16N6O/c23-16(21-7-5-13(9-21)15-4-6-17-20-15)12-2-1-3-14(8-12)22-10-18-19-11-22/h1-4,6,8,10-11,13H,5,7,9H2,(H,17,20)/t13-/m1/s1. The van der Waals surface area contributed by atoms with Crippen LogP contribution in [0.5, 0.6) is 0 Å². The molecule has 0 bridgehead atoms. The minimum Gasteiger partial charge on any atom is -0.338 e. The normalized spacial score (nSPS) is 17.6. The first-order valence-corrected chi connectivity index (χ1v) is 7.55. The lowest BCUT2D eigenvalue weighted by Crippen LogP contribution is -2.28. The molecule has 1 saturated heterocycles. The van der Waals surface area contributed by atoms with Crippen LogP contribution in [0.4, 0.5) is 0 Å². The van der Waals surface area contributed by atoms with Gasteiger partial charge in [0.15, 0.2) is 0 Å². The van der Waals surface area contributed by atoms with Crippen LogP contribution >= 0.6 is 0 Å². The number of hydrogen-bond acceptors (Lipinski definition) is 4. The number of carbonyl (C=O) groups excluding carboxylic acids is 1. The Bertz CT molecular complexity index is 796. The van der Waals surface area contributed by atoms with Gasteiger partial charge in [-0.05, 0) is 30.7 Å². The number of aromatic amines is 1. The Morgan fingerprint density at radius 1 is 1.22 bits per heavy atom. The molecule has 0 saturated carbocycles. The maximum atomic E-state index is 12.7. The Morgan fingerprint density at radius 2 is 2.09 bits per heavy atom. The van der Waals surface area contributed by atoms with Crippen molar-refractivity contribution in [1.29, 1.82) is 0 Å². The van der Waals surface area contributed by atoms with Crippen molar-refractivity contribution in [3.63, 3.8) is 0 Å². The van der Waals surface area contributed by atoms with Crippen molar-refractivity contribution < 1.29 is 4.79 Å². The summed E-state index contributed by atoms with van der Waals surface area (Å²) in [5.41, 5.74) is 2.66. The van der Waals surface area contributed by atoms with Gasteiger partial charge in [0.1, 0.15) is 12.7 Å². The van der Waals surface area contributed by atoms with Crippen LogP contribution < -0.4 is 0 Å². The number of hydrogen-bond donors (Lipinski definition) is 1. The molecule has 4 rings (SSSR count). The molecule has 0 radical (unpaired) electrons. The Kier molecular flexibility index (Phi) is 3.38. The van der Waals surface area contributed by atoms with Crippen LogP contribution in [0.3, 0.4) is 0 Å². The highest BCUT2D eigenvalue weighted by atomic mass is 16.2. The Morgan fingerprint density at radius 3 is 2.87 bits per heavy atom. The second kappa shape index (κ2) is 5.68. The summed E-state index contributed by atoms with van der Waals surface area (Å²) in [5, 5.41) is 14.6. The van der Waals surface area contributed by atoms with Crippen molar-refractivity contribution in [2.24, 2.45) is 0 Å². The first kappa shape index (κ1) is 13.7. The van der Waals surface area contributed by atoms with Gasteiger partial charge in [-0.15, -0.1) is 10.2 Å². The molecule has 1 aliphatic rings. The van der Waals surface area contributed by atoms with Gasteiger partial charge in [0, 0.05) is 42.1 Å². The molecule has 1 aromatic carbocycles. The monoisotopic (exact) mass is 308 g/mol. The molecule has 1 fully saturated rings. The topological polar surface area (TPSA) is 79.7 Å². The summed E-state index contributed by atoms with van der Waals surface area (Å²) in [6.45, 7) is 1.48. The molecule has 7 nitrogen and oxygen atoms in total. The molecule has 0 unspecified atom stereocenters. The van der Waals surface area contributed by atoms with Gasteiger partial charge in [0.2, 0.25) is 0 Å². The van der Waals surface area contributed by atoms with E-state index in [-0.39, 0.29) is 5.91 Å².